The smallest absolute Gasteiger partial charge is 0.241 e. The number of likely N-dealkylation sites (N-methyl/N-ethyl adjacent to an activating group) is 1. The summed E-state index contributed by atoms with van der Waals surface area (Å²) in [5.41, 5.74) is 6.53. The molecule has 0 bridgehead atoms. The Balaban J connectivity index is 1.79. The summed E-state index contributed by atoms with van der Waals surface area (Å²) in [6.07, 6.45) is 1.63. The minimum absolute atomic E-state index is 0.171. The summed E-state index contributed by atoms with van der Waals surface area (Å²) in [4.78, 5) is 21.9. The van der Waals surface area contributed by atoms with E-state index in [0.717, 1.165) is 0 Å². The lowest BCUT2D eigenvalue weighted by Gasteiger charge is -2.24. The van der Waals surface area contributed by atoms with E-state index < -0.39 is 17.8 Å². The van der Waals surface area contributed by atoms with Crippen molar-refractivity contribution < 1.29 is 13.7 Å². The molecule has 0 aliphatic carbocycles. The second-order valence-corrected chi connectivity index (χ2v) is 5.50. The van der Waals surface area contributed by atoms with Crippen LogP contribution < -0.4 is 5.73 Å². The third-order valence-corrected chi connectivity index (χ3v) is 3.62. The lowest BCUT2D eigenvalue weighted by atomic mass is 10.0. The average molecular weight is 341 g/mol. The molecular weight excluding hydrogens is 325 g/mol. The Labute approximate surface area is 143 Å². The monoisotopic (exact) mass is 341 g/mol. The maximum atomic E-state index is 13.5. The van der Waals surface area contributed by atoms with Gasteiger partial charge in [-0.1, -0.05) is 23.4 Å². The van der Waals surface area contributed by atoms with Gasteiger partial charge in [-0.15, -0.1) is 0 Å². The van der Waals surface area contributed by atoms with Gasteiger partial charge in [0.25, 0.3) is 0 Å². The molecule has 1 atom stereocenters. The van der Waals surface area contributed by atoms with Crippen LogP contribution in [0.5, 0.6) is 0 Å². The highest BCUT2D eigenvalue weighted by Crippen LogP contribution is 2.22. The van der Waals surface area contributed by atoms with Gasteiger partial charge in [-0.3, -0.25) is 14.7 Å². The van der Waals surface area contributed by atoms with Gasteiger partial charge in [-0.05, 0) is 36.9 Å². The molecule has 0 aliphatic rings. The fraction of sp³-hybridized carbons (Fsp3) is 0.176. The normalized spacial score (nSPS) is 12.3. The molecule has 0 aliphatic heterocycles. The van der Waals surface area contributed by atoms with Gasteiger partial charge in [0.2, 0.25) is 17.6 Å². The first-order chi connectivity index (χ1) is 12.0. The molecule has 0 saturated carbocycles. The SMILES string of the molecule is CN(Cc1nc(-c2ccccn2)no1)[C@H](C(N)=O)c1cccc(F)c1. The number of nitrogens with two attached hydrogens (primary N) is 1. The molecule has 0 radical (unpaired) electrons. The van der Waals surface area contributed by atoms with Crippen molar-refractivity contribution >= 4 is 5.91 Å². The second kappa shape index (κ2) is 7.18. The van der Waals surface area contributed by atoms with Gasteiger partial charge in [0.05, 0.1) is 6.54 Å². The van der Waals surface area contributed by atoms with Crippen molar-refractivity contribution in [3.63, 3.8) is 0 Å². The first-order valence-electron chi connectivity index (χ1n) is 7.53. The van der Waals surface area contributed by atoms with Gasteiger partial charge in [0.1, 0.15) is 17.6 Å². The largest absolute Gasteiger partial charge is 0.368 e. The predicted octanol–water partition coefficient (Wildman–Crippen LogP) is 1.93. The van der Waals surface area contributed by atoms with Crippen LogP contribution in [0.2, 0.25) is 0 Å². The zero-order valence-corrected chi connectivity index (χ0v) is 13.5. The van der Waals surface area contributed by atoms with Crippen molar-refractivity contribution in [2.45, 2.75) is 12.6 Å². The summed E-state index contributed by atoms with van der Waals surface area (Å²) >= 11 is 0. The maximum absolute atomic E-state index is 13.5. The summed E-state index contributed by atoms with van der Waals surface area (Å²) in [6.45, 7) is 0.171. The van der Waals surface area contributed by atoms with Crippen LogP contribution in [0.15, 0.2) is 53.2 Å². The molecule has 2 N–H and O–H groups in total. The standard InChI is InChI=1S/C17H16FN5O2/c1-23(15(16(19)24)11-5-4-6-12(18)9-11)10-14-21-17(22-25-14)13-7-2-3-8-20-13/h2-9,15H,10H2,1H3,(H2,19,24)/t15-/m0/s1. The summed E-state index contributed by atoms with van der Waals surface area (Å²) < 4.78 is 18.7. The number of carbonyl (C=O) groups is 1. The van der Waals surface area contributed by atoms with Crippen LogP contribution >= 0.6 is 0 Å². The number of aromatic nitrogens is 3. The quantitative estimate of drug-likeness (QED) is 0.735. The Hall–Kier alpha value is -3.13. The molecule has 1 amide bonds. The number of amides is 1. The zero-order valence-electron chi connectivity index (χ0n) is 13.5. The van der Waals surface area contributed by atoms with Crippen molar-refractivity contribution in [3.05, 3.63) is 65.9 Å². The second-order valence-electron chi connectivity index (χ2n) is 5.50. The molecule has 0 unspecified atom stereocenters. The van der Waals surface area contributed by atoms with E-state index in [1.54, 1.807) is 36.3 Å². The van der Waals surface area contributed by atoms with Crippen LogP contribution in [-0.4, -0.2) is 33.0 Å². The van der Waals surface area contributed by atoms with Gasteiger partial charge in [-0.25, -0.2) is 4.39 Å². The number of carbonyl (C=O) groups excluding carboxylic acids is 1. The molecule has 2 heterocycles. The van der Waals surface area contributed by atoms with Gasteiger partial charge in [-0.2, -0.15) is 4.98 Å². The number of primary amides is 1. The molecule has 25 heavy (non-hydrogen) atoms. The Morgan fingerprint density at radius 2 is 2.16 bits per heavy atom. The minimum Gasteiger partial charge on any atom is -0.368 e. The van der Waals surface area contributed by atoms with Crippen LogP contribution in [0.1, 0.15) is 17.5 Å². The van der Waals surface area contributed by atoms with Crippen LogP contribution in [0.25, 0.3) is 11.5 Å². The lowest BCUT2D eigenvalue weighted by molar-refractivity contribution is -0.123. The Kier molecular flexibility index (Phi) is 4.80. The topological polar surface area (TPSA) is 98.1 Å². The Morgan fingerprint density at radius 1 is 1.32 bits per heavy atom. The molecular formula is C17H16FN5O2. The third-order valence-electron chi connectivity index (χ3n) is 3.62. The van der Waals surface area contributed by atoms with E-state index in [2.05, 4.69) is 15.1 Å². The first kappa shape index (κ1) is 16.7. The van der Waals surface area contributed by atoms with E-state index in [9.17, 15) is 9.18 Å². The predicted molar refractivity (Wildman–Crippen MR) is 87.3 cm³/mol. The van der Waals surface area contributed by atoms with Crippen LogP contribution in [0, 0.1) is 5.82 Å². The number of benzene rings is 1. The molecule has 128 valence electrons. The van der Waals surface area contributed by atoms with E-state index in [0.29, 0.717) is 23.0 Å². The number of hydrogen-bond donors (Lipinski definition) is 1. The molecule has 3 aromatic rings. The number of hydrogen-bond acceptors (Lipinski definition) is 6. The molecule has 8 heteroatoms. The highest BCUT2D eigenvalue weighted by molar-refractivity contribution is 5.81. The maximum Gasteiger partial charge on any atom is 0.241 e. The van der Waals surface area contributed by atoms with Crippen LogP contribution in [0.4, 0.5) is 4.39 Å². The van der Waals surface area contributed by atoms with Crippen molar-refractivity contribution in [2.75, 3.05) is 7.05 Å². The minimum atomic E-state index is -0.819. The highest BCUT2D eigenvalue weighted by Gasteiger charge is 2.25. The Morgan fingerprint density at radius 3 is 2.84 bits per heavy atom. The number of halogens is 1. The van der Waals surface area contributed by atoms with E-state index in [1.807, 2.05) is 6.07 Å². The van der Waals surface area contributed by atoms with Crippen molar-refractivity contribution in [1.82, 2.24) is 20.0 Å². The molecule has 1 aromatic carbocycles. The molecule has 2 aromatic heterocycles. The molecule has 3 rings (SSSR count). The third kappa shape index (κ3) is 3.86. The van der Waals surface area contributed by atoms with Crippen LogP contribution in [-0.2, 0) is 11.3 Å². The molecule has 0 spiro atoms. The summed E-state index contributed by atoms with van der Waals surface area (Å²) in [5, 5.41) is 3.88. The lowest BCUT2D eigenvalue weighted by Crippen LogP contribution is -2.35. The average Bonchev–Trinajstić information content (AvgIpc) is 3.04. The van der Waals surface area contributed by atoms with E-state index in [4.69, 9.17) is 10.3 Å². The molecule has 0 saturated heterocycles. The van der Waals surface area contributed by atoms with E-state index >= 15 is 0 Å². The summed E-state index contributed by atoms with van der Waals surface area (Å²) in [6, 6.07) is 10.3. The zero-order chi connectivity index (χ0) is 17.8. The fourth-order valence-electron chi connectivity index (χ4n) is 2.54. The highest BCUT2D eigenvalue weighted by atomic mass is 19.1. The fourth-order valence-corrected chi connectivity index (χ4v) is 2.54. The number of rotatable bonds is 6. The van der Waals surface area contributed by atoms with Gasteiger partial charge >= 0.3 is 0 Å². The molecule has 0 fully saturated rings. The van der Waals surface area contributed by atoms with Crippen molar-refractivity contribution in [3.8, 4) is 11.5 Å². The van der Waals surface area contributed by atoms with E-state index in [-0.39, 0.29) is 6.54 Å². The van der Waals surface area contributed by atoms with Crippen molar-refractivity contribution in [1.29, 1.82) is 0 Å². The number of nitrogens with zero attached hydrogens (tertiary/aromatic N) is 4. The first-order valence-corrected chi connectivity index (χ1v) is 7.53. The van der Waals surface area contributed by atoms with Gasteiger partial charge in [0, 0.05) is 6.20 Å². The van der Waals surface area contributed by atoms with E-state index in [1.165, 1.54) is 18.2 Å². The van der Waals surface area contributed by atoms with Crippen molar-refractivity contribution in [2.24, 2.45) is 5.73 Å². The number of pyridine rings is 1. The Bertz CT molecular complexity index is 868. The summed E-state index contributed by atoms with van der Waals surface area (Å²) in [5.74, 6) is -0.388. The van der Waals surface area contributed by atoms with Gasteiger partial charge < -0.3 is 10.3 Å². The van der Waals surface area contributed by atoms with Gasteiger partial charge in [0.15, 0.2) is 0 Å². The van der Waals surface area contributed by atoms with Crippen LogP contribution in [0.3, 0.4) is 0 Å². The summed E-state index contributed by atoms with van der Waals surface area (Å²) in [7, 11) is 1.67. The molecule has 7 nitrogen and oxygen atoms in total.